The highest BCUT2D eigenvalue weighted by Crippen LogP contribution is 2.75. The Labute approximate surface area is 124 Å². The highest BCUT2D eigenvalue weighted by Gasteiger charge is 2.33. The molecule has 0 aromatic heterocycles. The van der Waals surface area contributed by atoms with Gasteiger partial charge in [0, 0.05) is 10.3 Å². The number of allylic oxidation sites excluding steroid dienone is 4. The van der Waals surface area contributed by atoms with Gasteiger partial charge >= 0.3 is 0 Å². The van der Waals surface area contributed by atoms with Crippen molar-refractivity contribution < 1.29 is 4.79 Å². The molecular formula is C13H19NOS4. The van der Waals surface area contributed by atoms with Gasteiger partial charge in [0.25, 0.3) is 0 Å². The van der Waals surface area contributed by atoms with E-state index in [0.717, 1.165) is 0 Å². The molecule has 0 saturated carbocycles. The number of hydrogen-bond acceptors (Lipinski definition) is 2. The van der Waals surface area contributed by atoms with Crippen LogP contribution < -0.4 is 0 Å². The van der Waals surface area contributed by atoms with Crippen molar-refractivity contribution in [1.29, 1.82) is 0 Å². The molecule has 0 aliphatic carbocycles. The standard InChI is InChI=1S/C13H19NOS4/c15-11-14-9-13-10-18(16-5-1-2-6-16)12-19(13)17-7-3-4-8-17/h1-8,13,16-19H,9-10,12H2. The zero-order valence-corrected chi connectivity index (χ0v) is 14.0. The van der Waals surface area contributed by atoms with Crippen LogP contribution in [0, 0.1) is 0 Å². The lowest BCUT2D eigenvalue weighted by molar-refractivity contribution is 0.563. The minimum atomic E-state index is -0.0508. The second-order valence-corrected chi connectivity index (χ2v) is 17.3. The lowest BCUT2D eigenvalue weighted by Gasteiger charge is -2.29. The number of carbonyl (C=O) groups excluding carboxylic acids is 1. The van der Waals surface area contributed by atoms with Gasteiger partial charge in [-0.2, -0.15) is 19.9 Å². The summed E-state index contributed by atoms with van der Waals surface area (Å²) in [6.07, 6.45) is 10.5. The van der Waals surface area contributed by atoms with Gasteiger partial charge in [-0.1, -0.05) is 24.3 Å². The summed E-state index contributed by atoms with van der Waals surface area (Å²) in [7, 11) is 0.102. The molecule has 6 heteroatoms. The van der Waals surface area contributed by atoms with E-state index in [1.165, 1.54) is 10.8 Å². The largest absolute Gasteiger partial charge is 0.234 e. The number of hydrogen-bond donors (Lipinski definition) is 4. The summed E-state index contributed by atoms with van der Waals surface area (Å²) >= 11 is 0. The van der Waals surface area contributed by atoms with Crippen molar-refractivity contribution in [3.8, 4) is 0 Å². The molecule has 0 amide bonds. The van der Waals surface area contributed by atoms with Gasteiger partial charge in [0.1, 0.15) is 0 Å². The summed E-state index contributed by atoms with van der Waals surface area (Å²) < 4.78 is 0. The molecule has 19 heavy (non-hydrogen) atoms. The number of aliphatic imine (C=N–C) groups is 1. The predicted molar refractivity (Wildman–Crippen MR) is 99.0 cm³/mol. The SMILES string of the molecule is O=C=NCC1C[SH]([SH]2C=CC=C2)C[SH]1[SH]1C=CC=C1. The number of rotatable bonds is 4. The fraction of sp³-hybridized carbons (Fsp3) is 0.308. The Balaban J connectivity index is 1.73. The molecule has 3 rings (SSSR count). The van der Waals surface area contributed by atoms with E-state index in [4.69, 9.17) is 0 Å². The molecule has 106 valence electrons. The molecule has 1 fully saturated rings. The summed E-state index contributed by atoms with van der Waals surface area (Å²) in [5.41, 5.74) is 0. The van der Waals surface area contributed by atoms with Crippen LogP contribution in [0.5, 0.6) is 0 Å². The van der Waals surface area contributed by atoms with Gasteiger partial charge in [-0.15, -0.1) is 0 Å². The van der Waals surface area contributed by atoms with Crippen molar-refractivity contribution in [1.82, 2.24) is 0 Å². The Hall–Kier alpha value is -0.260. The van der Waals surface area contributed by atoms with Crippen LogP contribution in [0.25, 0.3) is 0 Å². The van der Waals surface area contributed by atoms with Crippen LogP contribution in [-0.4, -0.2) is 28.7 Å². The molecule has 0 N–H and O–H groups in total. The summed E-state index contributed by atoms with van der Waals surface area (Å²) in [6, 6.07) is 0. The summed E-state index contributed by atoms with van der Waals surface area (Å²) in [4.78, 5) is 14.3. The van der Waals surface area contributed by atoms with Gasteiger partial charge in [0.15, 0.2) is 0 Å². The maximum atomic E-state index is 10.4. The van der Waals surface area contributed by atoms with E-state index >= 15 is 0 Å². The van der Waals surface area contributed by atoms with Crippen molar-refractivity contribution in [2.24, 2.45) is 4.99 Å². The molecule has 3 atom stereocenters. The first-order chi connectivity index (χ1) is 9.38. The minimum absolute atomic E-state index is 0.0130. The van der Waals surface area contributed by atoms with E-state index in [2.05, 4.69) is 50.9 Å². The monoisotopic (exact) mass is 333 g/mol. The summed E-state index contributed by atoms with van der Waals surface area (Å²) in [5, 5.41) is 11.7. The van der Waals surface area contributed by atoms with Gasteiger partial charge < -0.3 is 0 Å². The molecule has 1 saturated heterocycles. The van der Waals surface area contributed by atoms with Crippen molar-refractivity contribution in [3.63, 3.8) is 0 Å². The predicted octanol–water partition coefficient (Wildman–Crippen LogP) is 3.58. The van der Waals surface area contributed by atoms with E-state index in [1.54, 1.807) is 6.08 Å². The molecule has 3 aliphatic heterocycles. The Kier molecular flexibility index (Phi) is 4.66. The second-order valence-electron chi connectivity index (χ2n) is 4.48. The molecule has 0 spiro atoms. The number of thiol groups is 4. The van der Waals surface area contributed by atoms with Crippen LogP contribution in [0.2, 0.25) is 0 Å². The molecular weight excluding hydrogens is 314 g/mol. The Bertz CT molecular complexity index is 483. The molecule has 0 radical (unpaired) electrons. The highest BCUT2D eigenvalue weighted by molar-refractivity contribution is 9.04. The maximum absolute atomic E-state index is 10.4. The Morgan fingerprint density at radius 2 is 1.68 bits per heavy atom. The van der Waals surface area contributed by atoms with Crippen LogP contribution in [0.15, 0.2) is 50.9 Å². The van der Waals surface area contributed by atoms with E-state index in [-0.39, 0.29) is 39.7 Å². The zero-order chi connectivity index (χ0) is 13.1. The smallest absolute Gasteiger partial charge is 0.211 e. The molecule has 0 aromatic carbocycles. The quantitative estimate of drug-likeness (QED) is 0.269. The van der Waals surface area contributed by atoms with Crippen LogP contribution in [0.3, 0.4) is 0 Å². The van der Waals surface area contributed by atoms with Crippen LogP contribution >= 0.6 is 39.7 Å². The number of isocyanates is 1. The third kappa shape index (κ3) is 3.09. The zero-order valence-electron chi connectivity index (χ0n) is 10.5. The lowest BCUT2D eigenvalue weighted by Crippen LogP contribution is -2.10. The minimum Gasteiger partial charge on any atom is -0.211 e. The first-order valence-electron chi connectivity index (χ1n) is 6.20. The van der Waals surface area contributed by atoms with Gasteiger partial charge in [-0.25, -0.2) is 29.6 Å². The Morgan fingerprint density at radius 3 is 2.32 bits per heavy atom. The molecule has 0 bridgehead atoms. The van der Waals surface area contributed by atoms with Crippen molar-refractivity contribution in [2.75, 3.05) is 17.4 Å². The average Bonchev–Trinajstić information content (AvgIpc) is 3.14. The third-order valence-corrected chi connectivity index (χ3v) is 20.4. The van der Waals surface area contributed by atoms with Crippen molar-refractivity contribution in [3.05, 3.63) is 45.9 Å². The lowest BCUT2D eigenvalue weighted by atomic mass is 10.5. The first kappa shape index (κ1) is 13.7. The Morgan fingerprint density at radius 1 is 1.05 bits per heavy atom. The molecule has 3 unspecified atom stereocenters. The van der Waals surface area contributed by atoms with Crippen LogP contribution in [0.1, 0.15) is 0 Å². The molecule has 3 aliphatic rings. The average molecular weight is 334 g/mol. The van der Waals surface area contributed by atoms with Gasteiger partial charge in [-0.3, -0.25) is 0 Å². The summed E-state index contributed by atoms with van der Waals surface area (Å²) in [6.45, 7) is 0.713. The number of nitrogens with zero attached hydrogens (tertiary/aromatic N) is 1. The maximum Gasteiger partial charge on any atom is 0.234 e. The second kappa shape index (κ2) is 6.46. The fourth-order valence-electron chi connectivity index (χ4n) is 2.41. The first-order valence-corrected chi connectivity index (χ1v) is 13.9. The highest BCUT2D eigenvalue weighted by atomic mass is 33.2. The molecule has 2 nitrogen and oxygen atoms in total. The van der Waals surface area contributed by atoms with Gasteiger partial charge in [0.05, 0.1) is 6.54 Å². The van der Waals surface area contributed by atoms with Gasteiger partial charge in [0.2, 0.25) is 6.08 Å². The topological polar surface area (TPSA) is 29.4 Å². The van der Waals surface area contributed by atoms with E-state index < -0.39 is 0 Å². The third-order valence-electron chi connectivity index (χ3n) is 3.32. The van der Waals surface area contributed by atoms with E-state index in [1.807, 2.05) is 0 Å². The van der Waals surface area contributed by atoms with E-state index in [0.29, 0.717) is 11.8 Å². The van der Waals surface area contributed by atoms with Crippen LogP contribution in [-0.2, 0) is 4.79 Å². The van der Waals surface area contributed by atoms with Gasteiger partial charge in [-0.05, 0) is 27.4 Å². The summed E-state index contributed by atoms with van der Waals surface area (Å²) in [5.74, 6) is 1.31. The van der Waals surface area contributed by atoms with Crippen molar-refractivity contribution in [2.45, 2.75) is 5.25 Å². The fourth-order valence-corrected chi connectivity index (χ4v) is 23.9. The van der Waals surface area contributed by atoms with Crippen molar-refractivity contribution >= 4 is 45.8 Å². The van der Waals surface area contributed by atoms with Crippen LogP contribution in [0.4, 0.5) is 0 Å². The molecule has 0 aromatic rings. The molecule has 3 heterocycles. The normalized spacial score (nSPS) is 39.1. The van der Waals surface area contributed by atoms with E-state index in [9.17, 15) is 4.79 Å².